The minimum Gasteiger partial charge on any atom is -0.480 e. The van der Waals surface area contributed by atoms with E-state index in [0.717, 1.165) is 11.1 Å². The lowest BCUT2D eigenvalue weighted by Crippen LogP contribution is -2.44. The van der Waals surface area contributed by atoms with Crippen LogP contribution in [0.5, 0.6) is 0 Å². The summed E-state index contributed by atoms with van der Waals surface area (Å²) in [7, 11) is 0. The van der Waals surface area contributed by atoms with Gasteiger partial charge < -0.3 is 15.7 Å². The number of hydrogen-bond acceptors (Lipinski definition) is 3. The minimum absolute atomic E-state index is 0.297. The molecule has 1 unspecified atom stereocenters. The summed E-state index contributed by atoms with van der Waals surface area (Å²) in [4.78, 5) is 23.3. The Bertz CT molecular complexity index is 692. The molecule has 24 heavy (non-hydrogen) atoms. The zero-order valence-corrected chi connectivity index (χ0v) is 14.2. The van der Waals surface area contributed by atoms with Crippen LogP contribution in [0.25, 0.3) is 0 Å². The van der Waals surface area contributed by atoms with Crippen LogP contribution in [0.4, 0.5) is 10.5 Å². The van der Waals surface area contributed by atoms with E-state index >= 15 is 0 Å². The number of benzene rings is 2. The highest BCUT2D eigenvalue weighted by Crippen LogP contribution is 2.13. The van der Waals surface area contributed by atoms with Gasteiger partial charge in [-0.05, 0) is 30.2 Å². The van der Waals surface area contributed by atoms with E-state index in [9.17, 15) is 14.7 Å². The van der Waals surface area contributed by atoms with Crippen molar-refractivity contribution in [1.29, 1.82) is 0 Å². The molecule has 0 fully saturated rings. The molecule has 6 heteroatoms. The van der Waals surface area contributed by atoms with Gasteiger partial charge in [0.1, 0.15) is 6.04 Å². The normalized spacial score (nSPS) is 11.5. The van der Waals surface area contributed by atoms with E-state index in [1.54, 1.807) is 6.07 Å². The Morgan fingerprint density at radius 3 is 2.54 bits per heavy atom. The summed E-state index contributed by atoms with van der Waals surface area (Å²) >= 11 is 1.47. The van der Waals surface area contributed by atoms with Crippen LogP contribution < -0.4 is 10.6 Å². The van der Waals surface area contributed by atoms with Crippen molar-refractivity contribution in [2.75, 3.05) is 11.1 Å². The Hall–Kier alpha value is -2.47. The summed E-state index contributed by atoms with van der Waals surface area (Å²) in [5.74, 6) is -0.0491. The number of carboxylic acid groups (broad SMARTS) is 1. The van der Waals surface area contributed by atoms with Gasteiger partial charge in [0.15, 0.2) is 0 Å². The second-order valence-electron chi connectivity index (χ2n) is 5.36. The van der Waals surface area contributed by atoms with Gasteiger partial charge in [-0.3, -0.25) is 0 Å². The molecule has 0 aromatic heterocycles. The third-order valence-electron chi connectivity index (χ3n) is 3.28. The van der Waals surface area contributed by atoms with Gasteiger partial charge >= 0.3 is 12.0 Å². The van der Waals surface area contributed by atoms with Crippen molar-refractivity contribution < 1.29 is 14.7 Å². The first-order chi connectivity index (χ1) is 11.5. The fourth-order valence-corrected chi connectivity index (χ4v) is 3.10. The van der Waals surface area contributed by atoms with E-state index in [2.05, 4.69) is 10.6 Å². The van der Waals surface area contributed by atoms with Gasteiger partial charge in [-0.15, -0.1) is 0 Å². The lowest BCUT2D eigenvalue weighted by molar-refractivity contribution is -0.138. The molecule has 0 saturated heterocycles. The molecule has 2 aromatic rings. The highest BCUT2D eigenvalue weighted by Gasteiger charge is 2.19. The number of hydrogen-bond donors (Lipinski definition) is 3. The predicted octanol–water partition coefficient (Wildman–Crippen LogP) is 3.50. The van der Waals surface area contributed by atoms with E-state index in [1.165, 1.54) is 11.8 Å². The molecule has 0 bridgehead atoms. The number of carbonyl (C=O) groups excluding carboxylic acids is 1. The van der Waals surface area contributed by atoms with Crippen LogP contribution in [0, 0.1) is 6.92 Å². The zero-order valence-electron chi connectivity index (χ0n) is 13.4. The third kappa shape index (κ3) is 5.96. The monoisotopic (exact) mass is 344 g/mol. The summed E-state index contributed by atoms with van der Waals surface area (Å²) in [5.41, 5.74) is 2.77. The van der Waals surface area contributed by atoms with Gasteiger partial charge in [0, 0.05) is 17.2 Å². The number of rotatable bonds is 7. The van der Waals surface area contributed by atoms with Gasteiger partial charge in [-0.2, -0.15) is 11.8 Å². The van der Waals surface area contributed by atoms with Crippen LogP contribution in [0.1, 0.15) is 11.1 Å². The zero-order chi connectivity index (χ0) is 17.4. The van der Waals surface area contributed by atoms with Crippen molar-refractivity contribution in [3.8, 4) is 0 Å². The Balaban J connectivity index is 1.84. The van der Waals surface area contributed by atoms with Gasteiger partial charge in [-0.25, -0.2) is 9.59 Å². The van der Waals surface area contributed by atoms with Crippen LogP contribution in [-0.2, 0) is 10.5 Å². The maximum atomic E-state index is 12.0. The molecule has 0 aliphatic heterocycles. The van der Waals surface area contributed by atoms with Crippen molar-refractivity contribution in [2.24, 2.45) is 0 Å². The molecule has 3 N–H and O–H groups in total. The maximum Gasteiger partial charge on any atom is 0.327 e. The van der Waals surface area contributed by atoms with Crippen molar-refractivity contribution in [2.45, 2.75) is 18.7 Å². The van der Waals surface area contributed by atoms with Gasteiger partial charge in [0.2, 0.25) is 0 Å². The number of amides is 2. The predicted molar refractivity (Wildman–Crippen MR) is 97.4 cm³/mol. The molecular formula is C18H20N2O3S. The average molecular weight is 344 g/mol. The number of carbonyl (C=O) groups is 2. The molecule has 0 aliphatic carbocycles. The van der Waals surface area contributed by atoms with Crippen molar-refractivity contribution >= 4 is 29.4 Å². The first-order valence-corrected chi connectivity index (χ1v) is 8.69. The molecule has 0 aliphatic rings. The fraction of sp³-hybridized carbons (Fsp3) is 0.222. The molecule has 0 spiro atoms. The Kier molecular flexibility index (Phi) is 6.69. The van der Waals surface area contributed by atoms with E-state index in [0.29, 0.717) is 17.2 Å². The molecule has 2 amide bonds. The van der Waals surface area contributed by atoms with Crippen molar-refractivity contribution in [3.05, 3.63) is 65.7 Å². The Morgan fingerprint density at radius 1 is 1.12 bits per heavy atom. The molecule has 5 nitrogen and oxygen atoms in total. The number of thioether (sulfide) groups is 1. The molecule has 2 rings (SSSR count). The molecule has 0 saturated carbocycles. The first kappa shape index (κ1) is 17.9. The Morgan fingerprint density at radius 2 is 1.88 bits per heavy atom. The largest absolute Gasteiger partial charge is 0.480 e. The van der Waals surface area contributed by atoms with Crippen molar-refractivity contribution in [1.82, 2.24) is 5.32 Å². The highest BCUT2D eigenvalue weighted by atomic mass is 32.2. The molecule has 0 heterocycles. The summed E-state index contributed by atoms with van der Waals surface area (Å²) in [6, 6.07) is 15.7. The molecule has 2 aromatic carbocycles. The Labute approximate surface area is 145 Å². The number of nitrogens with one attached hydrogen (secondary N) is 2. The van der Waals surface area contributed by atoms with Gasteiger partial charge in [0.05, 0.1) is 0 Å². The second kappa shape index (κ2) is 8.98. The van der Waals surface area contributed by atoms with Gasteiger partial charge in [0.25, 0.3) is 0 Å². The standard InChI is InChI=1S/C18H20N2O3S/c1-13-6-5-9-15(10-13)19-18(23)20-16(17(21)22)12-24-11-14-7-3-2-4-8-14/h2-10,16H,11-12H2,1H3,(H,21,22)(H2,19,20,23). The van der Waals surface area contributed by atoms with Crippen LogP contribution in [0.2, 0.25) is 0 Å². The summed E-state index contributed by atoms with van der Waals surface area (Å²) in [5, 5.41) is 14.4. The van der Waals surface area contributed by atoms with Gasteiger partial charge in [-0.1, -0.05) is 42.5 Å². The van der Waals surface area contributed by atoms with Crippen molar-refractivity contribution in [3.63, 3.8) is 0 Å². The topological polar surface area (TPSA) is 78.4 Å². The minimum atomic E-state index is -1.05. The fourth-order valence-electron chi connectivity index (χ4n) is 2.09. The highest BCUT2D eigenvalue weighted by molar-refractivity contribution is 7.98. The molecule has 126 valence electrons. The second-order valence-corrected chi connectivity index (χ2v) is 6.39. The summed E-state index contributed by atoms with van der Waals surface area (Å²) < 4.78 is 0. The lowest BCUT2D eigenvalue weighted by atomic mass is 10.2. The molecule has 0 radical (unpaired) electrons. The van der Waals surface area contributed by atoms with Crippen LogP contribution >= 0.6 is 11.8 Å². The number of anilines is 1. The quantitative estimate of drug-likeness (QED) is 0.718. The smallest absolute Gasteiger partial charge is 0.327 e. The number of urea groups is 1. The summed E-state index contributed by atoms with van der Waals surface area (Å²) in [6.07, 6.45) is 0. The maximum absolute atomic E-state index is 12.0. The van der Waals surface area contributed by atoms with E-state index in [4.69, 9.17) is 0 Å². The third-order valence-corrected chi connectivity index (χ3v) is 4.38. The SMILES string of the molecule is Cc1cccc(NC(=O)NC(CSCc2ccccc2)C(=O)O)c1. The summed E-state index contributed by atoms with van der Waals surface area (Å²) in [6.45, 7) is 1.92. The first-order valence-electron chi connectivity index (χ1n) is 7.53. The number of carboxylic acids is 1. The molecular weight excluding hydrogens is 324 g/mol. The lowest BCUT2D eigenvalue weighted by Gasteiger charge is -2.15. The van der Waals surface area contributed by atoms with E-state index in [1.807, 2.05) is 55.5 Å². The number of aryl methyl sites for hydroxylation is 1. The average Bonchev–Trinajstić information content (AvgIpc) is 2.54. The molecule has 1 atom stereocenters. The van der Waals surface area contributed by atoms with Crippen LogP contribution in [0.3, 0.4) is 0 Å². The van der Waals surface area contributed by atoms with E-state index < -0.39 is 18.0 Å². The number of aliphatic carboxylic acids is 1. The van der Waals surface area contributed by atoms with Crippen LogP contribution in [0.15, 0.2) is 54.6 Å². The van der Waals surface area contributed by atoms with E-state index in [-0.39, 0.29) is 0 Å². The van der Waals surface area contributed by atoms with Crippen LogP contribution in [-0.4, -0.2) is 28.9 Å².